The van der Waals surface area contributed by atoms with Crippen LogP contribution in [0.4, 0.5) is 11.6 Å². The monoisotopic (exact) mass is 294 g/mol. The Morgan fingerprint density at radius 2 is 2.00 bits per heavy atom. The van der Waals surface area contributed by atoms with Crippen LogP contribution in [0.5, 0.6) is 0 Å². The van der Waals surface area contributed by atoms with Crippen LogP contribution in [-0.2, 0) is 11.2 Å². The fourth-order valence-electron chi connectivity index (χ4n) is 2.70. The van der Waals surface area contributed by atoms with Gasteiger partial charge >= 0.3 is 0 Å². The van der Waals surface area contributed by atoms with Gasteiger partial charge in [0, 0.05) is 51.6 Å². The van der Waals surface area contributed by atoms with E-state index in [2.05, 4.69) is 16.9 Å². The number of aliphatic hydroxyl groups is 1. The molecule has 1 aromatic heterocycles. The van der Waals surface area contributed by atoms with Crippen molar-refractivity contribution < 1.29 is 9.84 Å². The van der Waals surface area contributed by atoms with Gasteiger partial charge in [-0.2, -0.15) is 0 Å². The zero-order valence-corrected chi connectivity index (χ0v) is 13.2. The molecule has 0 bridgehead atoms. The predicted octanol–water partition coefficient (Wildman–Crippen LogP) is 1.30. The average Bonchev–Trinajstić information content (AvgIpc) is 2.43. The summed E-state index contributed by atoms with van der Waals surface area (Å²) in [4.78, 5) is 10.9. The Balaban J connectivity index is 2.19. The summed E-state index contributed by atoms with van der Waals surface area (Å²) < 4.78 is 5.32. The summed E-state index contributed by atoms with van der Waals surface area (Å²) in [6.45, 7) is 5.75. The lowest BCUT2D eigenvalue weighted by Crippen LogP contribution is -2.46. The second-order valence-corrected chi connectivity index (χ2v) is 5.92. The number of nitrogen functional groups attached to an aromatic ring is 1. The summed E-state index contributed by atoms with van der Waals surface area (Å²) in [5.41, 5.74) is 6.15. The van der Waals surface area contributed by atoms with Crippen LogP contribution in [0.3, 0.4) is 0 Å². The molecule has 0 saturated carbocycles. The molecule has 21 heavy (non-hydrogen) atoms. The van der Waals surface area contributed by atoms with Crippen molar-refractivity contribution in [3.63, 3.8) is 0 Å². The molecule has 0 spiro atoms. The molecule has 0 radical (unpaired) electrons. The Labute approximate surface area is 126 Å². The smallest absolute Gasteiger partial charge is 0.137 e. The van der Waals surface area contributed by atoms with Crippen LogP contribution in [0.15, 0.2) is 0 Å². The summed E-state index contributed by atoms with van der Waals surface area (Å²) in [7, 11) is 1.94. The summed E-state index contributed by atoms with van der Waals surface area (Å²) in [5, 5.41) is 10.6. The number of likely N-dealkylation sites (N-methyl/N-ethyl adjacent to an activating group) is 1. The maximum absolute atomic E-state index is 10.6. The fraction of sp³-hybridized carbons (Fsp3) is 0.733. The highest BCUT2D eigenvalue weighted by Crippen LogP contribution is 2.26. The zero-order chi connectivity index (χ0) is 15.5. The molecule has 1 aliphatic rings. The molecular formula is C15H26N4O2. The first-order valence-corrected chi connectivity index (χ1v) is 7.59. The minimum Gasteiger partial charge on any atom is -0.388 e. The average molecular weight is 294 g/mol. The number of aryl methyl sites for hydroxylation is 1. The van der Waals surface area contributed by atoms with E-state index in [0.717, 1.165) is 30.0 Å². The standard InChI is InChI=1S/C15H26N4O2/c1-4-5-12-17-13(16)11(2)14(18-12)19(3)10-15(20)6-8-21-9-7-15/h20H,4-10H2,1-3H3,(H2,16,17,18). The van der Waals surface area contributed by atoms with Gasteiger partial charge in [0.05, 0.1) is 5.60 Å². The first-order chi connectivity index (χ1) is 9.95. The Morgan fingerprint density at radius 1 is 1.33 bits per heavy atom. The van der Waals surface area contributed by atoms with Crippen LogP contribution >= 0.6 is 0 Å². The number of anilines is 2. The lowest BCUT2D eigenvalue weighted by Gasteiger charge is -2.36. The van der Waals surface area contributed by atoms with E-state index in [9.17, 15) is 5.11 Å². The zero-order valence-electron chi connectivity index (χ0n) is 13.2. The number of nitrogens with two attached hydrogens (primary N) is 1. The van der Waals surface area contributed by atoms with Crippen molar-refractivity contribution in [2.24, 2.45) is 0 Å². The van der Waals surface area contributed by atoms with Crippen LogP contribution in [0.25, 0.3) is 0 Å². The highest BCUT2D eigenvalue weighted by atomic mass is 16.5. The van der Waals surface area contributed by atoms with Crippen LogP contribution < -0.4 is 10.6 Å². The van der Waals surface area contributed by atoms with E-state index in [1.807, 2.05) is 18.9 Å². The topological polar surface area (TPSA) is 84.5 Å². The first-order valence-electron chi connectivity index (χ1n) is 7.59. The second kappa shape index (κ2) is 6.58. The molecule has 0 amide bonds. The molecule has 118 valence electrons. The molecular weight excluding hydrogens is 268 g/mol. The van der Waals surface area contributed by atoms with Crippen molar-refractivity contribution in [2.45, 2.75) is 45.1 Å². The van der Waals surface area contributed by atoms with Gasteiger partial charge in [-0.25, -0.2) is 9.97 Å². The van der Waals surface area contributed by atoms with Crippen LogP contribution in [-0.4, -0.2) is 47.5 Å². The van der Waals surface area contributed by atoms with Crippen molar-refractivity contribution in [1.82, 2.24) is 9.97 Å². The fourth-order valence-corrected chi connectivity index (χ4v) is 2.70. The summed E-state index contributed by atoms with van der Waals surface area (Å²) >= 11 is 0. The molecule has 3 N–H and O–H groups in total. The van der Waals surface area contributed by atoms with Gasteiger partial charge < -0.3 is 20.5 Å². The number of hydrogen-bond acceptors (Lipinski definition) is 6. The lowest BCUT2D eigenvalue weighted by molar-refractivity contribution is -0.0573. The van der Waals surface area contributed by atoms with Crippen LogP contribution in [0.1, 0.15) is 37.6 Å². The molecule has 1 fully saturated rings. The molecule has 1 aliphatic heterocycles. The Bertz CT molecular complexity index is 487. The number of ether oxygens (including phenoxy) is 1. The summed E-state index contributed by atoms with van der Waals surface area (Å²) in [5.74, 6) is 2.10. The van der Waals surface area contributed by atoms with Crippen molar-refractivity contribution in [3.05, 3.63) is 11.4 Å². The number of hydrogen-bond donors (Lipinski definition) is 2. The number of aromatic nitrogens is 2. The van der Waals surface area contributed by atoms with Gasteiger partial charge in [-0.3, -0.25) is 0 Å². The third kappa shape index (κ3) is 3.83. The van der Waals surface area contributed by atoms with Crippen molar-refractivity contribution >= 4 is 11.6 Å². The number of rotatable bonds is 5. The Morgan fingerprint density at radius 3 is 2.62 bits per heavy atom. The van der Waals surface area contributed by atoms with Gasteiger partial charge in [-0.05, 0) is 13.3 Å². The maximum atomic E-state index is 10.6. The normalized spacial score (nSPS) is 17.7. The number of nitrogens with zero attached hydrogens (tertiary/aromatic N) is 3. The van der Waals surface area contributed by atoms with Gasteiger partial charge in [-0.1, -0.05) is 6.92 Å². The molecule has 1 aromatic rings. The molecule has 2 heterocycles. The van der Waals surface area contributed by atoms with Gasteiger partial charge in [0.25, 0.3) is 0 Å². The van der Waals surface area contributed by atoms with Crippen molar-refractivity contribution in [3.8, 4) is 0 Å². The van der Waals surface area contributed by atoms with Gasteiger partial charge in [-0.15, -0.1) is 0 Å². The van der Waals surface area contributed by atoms with E-state index in [1.165, 1.54) is 0 Å². The maximum Gasteiger partial charge on any atom is 0.137 e. The predicted molar refractivity (Wildman–Crippen MR) is 83.4 cm³/mol. The largest absolute Gasteiger partial charge is 0.388 e. The van der Waals surface area contributed by atoms with E-state index in [4.69, 9.17) is 10.5 Å². The second-order valence-electron chi connectivity index (χ2n) is 5.92. The van der Waals surface area contributed by atoms with Crippen LogP contribution in [0.2, 0.25) is 0 Å². The van der Waals surface area contributed by atoms with E-state index < -0.39 is 5.60 Å². The third-order valence-electron chi connectivity index (χ3n) is 3.99. The van der Waals surface area contributed by atoms with Crippen molar-refractivity contribution in [1.29, 1.82) is 0 Å². The Kier molecular flexibility index (Phi) is 5.00. The summed E-state index contributed by atoms with van der Waals surface area (Å²) in [6, 6.07) is 0. The first kappa shape index (κ1) is 16.0. The third-order valence-corrected chi connectivity index (χ3v) is 3.99. The van der Waals surface area contributed by atoms with E-state index in [-0.39, 0.29) is 0 Å². The molecule has 0 atom stereocenters. The molecule has 1 saturated heterocycles. The highest BCUT2D eigenvalue weighted by molar-refractivity contribution is 5.56. The lowest BCUT2D eigenvalue weighted by atomic mass is 9.94. The molecule has 0 unspecified atom stereocenters. The van der Waals surface area contributed by atoms with E-state index in [0.29, 0.717) is 38.4 Å². The molecule has 6 nitrogen and oxygen atoms in total. The van der Waals surface area contributed by atoms with Crippen LogP contribution in [0, 0.1) is 6.92 Å². The minimum atomic E-state index is -0.718. The highest BCUT2D eigenvalue weighted by Gasteiger charge is 2.32. The molecule has 0 aliphatic carbocycles. The van der Waals surface area contributed by atoms with Gasteiger partial charge in [0.15, 0.2) is 0 Å². The quantitative estimate of drug-likeness (QED) is 0.851. The van der Waals surface area contributed by atoms with E-state index >= 15 is 0 Å². The molecule has 0 aromatic carbocycles. The van der Waals surface area contributed by atoms with Crippen molar-refractivity contribution in [2.75, 3.05) is 37.4 Å². The van der Waals surface area contributed by atoms with Gasteiger partial charge in [0.2, 0.25) is 0 Å². The summed E-state index contributed by atoms with van der Waals surface area (Å²) in [6.07, 6.45) is 3.09. The molecule has 6 heteroatoms. The van der Waals surface area contributed by atoms with Gasteiger partial charge in [0.1, 0.15) is 17.5 Å². The molecule has 2 rings (SSSR count). The Hall–Kier alpha value is -1.40. The minimum absolute atomic E-state index is 0.522. The SMILES string of the molecule is CCCc1nc(N)c(C)c(N(C)CC2(O)CCOCC2)n1. The van der Waals surface area contributed by atoms with E-state index in [1.54, 1.807) is 0 Å².